The van der Waals surface area contributed by atoms with E-state index in [0.717, 1.165) is 12.0 Å². The van der Waals surface area contributed by atoms with Crippen molar-refractivity contribution in [3.05, 3.63) is 48.0 Å². The molecule has 1 saturated heterocycles. The number of fused-ring (bicyclic) bond motifs is 5. The van der Waals surface area contributed by atoms with Crippen molar-refractivity contribution in [2.24, 2.45) is 23.7 Å². The highest BCUT2D eigenvalue weighted by Crippen LogP contribution is 2.54. The van der Waals surface area contributed by atoms with E-state index in [-0.39, 0.29) is 41.9 Å². The molecule has 5 atom stereocenters. The van der Waals surface area contributed by atoms with Crippen molar-refractivity contribution in [3.63, 3.8) is 0 Å². The Kier molecular flexibility index (Phi) is 3.38. The van der Waals surface area contributed by atoms with Crippen LogP contribution in [0.5, 0.6) is 0 Å². The smallest absolute Gasteiger partial charge is 0.234 e. The van der Waals surface area contributed by atoms with Crippen LogP contribution < -0.4 is 0 Å². The molecule has 1 heterocycles. The summed E-state index contributed by atoms with van der Waals surface area (Å²) in [5.74, 6) is -0.486. The molecule has 1 saturated carbocycles. The second kappa shape index (κ2) is 5.31. The molecule has 0 aromatic heterocycles. The van der Waals surface area contributed by atoms with Gasteiger partial charge in [0, 0.05) is 6.42 Å². The number of allylic oxidation sites excluding steroid dienone is 2. The number of halogens is 1. The normalized spacial score (nSPS) is 32.5. The molecular weight excluding hydrogens is 314 g/mol. The third-order valence-corrected chi connectivity index (χ3v) is 5.51. The molecule has 5 heteroatoms. The first-order valence-electron chi connectivity index (χ1n) is 7.86. The molecule has 118 valence electrons. The maximum atomic E-state index is 12.9. The van der Waals surface area contributed by atoms with Gasteiger partial charge >= 0.3 is 0 Å². The minimum absolute atomic E-state index is 0.0503. The maximum Gasteiger partial charge on any atom is 0.234 e. The Morgan fingerprint density at radius 2 is 1.65 bits per heavy atom. The van der Waals surface area contributed by atoms with Gasteiger partial charge in [-0.3, -0.25) is 19.3 Å². The highest BCUT2D eigenvalue weighted by molar-refractivity contribution is 6.63. The van der Waals surface area contributed by atoms with E-state index >= 15 is 0 Å². The van der Waals surface area contributed by atoms with E-state index in [1.54, 1.807) is 0 Å². The quantitative estimate of drug-likeness (QED) is 0.485. The summed E-state index contributed by atoms with van der Waals surface area (Å²) in [5, 5.41) is -0.544. The number of likely N-dealkylation sites (tertiary alicyclic amines) is 1. The van der Waals surface area contributed by atoms with Gasteiger partial charge in [0.25, 0.3) is 0 Å². The number of imide groups is 1. The van der Waals surface area contributed by atoms with Gasteiger partial charge < -0.3 is 0 Å². The Hall–Kier alpha value is -1.94. The lowest BCUT2D eigenvalue weighted by Crippen LogP contribution is -2.37. The van der Waals surface area contributed by atoms with Gasteiger partial charge in [-0.25, -0.2) is 0 Å². The molecule has 0 spiro atoms. The lowest BCUT2D eigenvalue weighted by Gasteiger charge is -2.27. The second-order valence-electron chi connectivity index (χ2n) is 6.53. The average Bonchev–Trinajstić information content (AvgIpc) is 3.20. The van der Waals surface area contributed by atoms with Gasteiger partial charge in [0.1, 0.15) is 0 Å². The lowest BCUT2D eigenvalue weighted by atomic mass is 9.85. The average molecular weight is 330 g/mol. The van der Waals surface area contributed by atoms with Crippen molar-refractivity contribution in [1.82, 2.24) is 4.90 Å². The summed E-state index contributed by atoms with van der Waals surface area (Å²) < 4.78 is 0. The molecule has 4 nitrogen and oxygen atoms in total. The highest BCUT2D eigenvalue weighted by atomic mass is 35.5. The van der Waals surface area contributed by atoms with E-state index in [0.29, 0.717) is 0 Å². The molecule has 2 amide bonds. The molecule has 2 aliphatic carbocycles. The van der Waals surface area contributed by atoms with Crippen molar-refractivity contribution in [3.8, 4) is 0 Å². The number of carbonyl (C=O) groups is 3. The van der Waals surface area contributed by atoms with E-state index in [4.69, 9.17) is 11.6 Å². The van der Waals surface area contributed by atoms with Gasteiger partial charge in [0.15, 0.2) is 0 Å². The van der Waals surface area contributed by atoms with Crippen LogP contribution in [0.2, 0.25) is 0 Å². The number of amides is 2. The summed E-state index contributed by atoms with van der Waals surface area (Å²) >= 11 is 5.59. The second-order valence-corrected chi connectivity index (χ2v) is 6.95. The first kappa shape index (κ1) is 14.6. The number of nitrogens with zero attached hydrogens (tertiary/aromatic N) is 1. The zero-order chi connectivity index (χ0) is 16.1. The predicted octanol–water partition coefficient (Wildman–Crippen LogP) is 2.69. The largest absolute Gasteiger partial charge is 0.281 e. The molecule has 1 aliphatic heterocycles. The summed E-state index contributed by atoms with van der Waals surface area (Å²) in [6, 6.07) is 8.57. The Bertz CT molecular complexity index is 684. The molecule has 2 fully saturated rings. The predicted molar refractivity (Wildman–Crippen MR) is 84.2 cm³/mol. The summed E-state index contributed by atoms with van der Waals surface area (Å²) in [6.07, 6.45) is 4.96. The Balaban J connectivity index is 1.71. The van der Waals surface area contributed by atoms with Crippen LogP contribution >= 0.6 is 11.6 Å². The van der Waals surface area contributed by atoms with Gasteiger partial charge in [-0.1, -0.05) is 42.5 Å². The summed E-state index contributed by atoms with van der Waals surface area (Å²) in [7, 11) is 0. The van der Waals surface area contributed by atoms with Crippen molar-refractivity contribution in [2.45, 2.75) is 18.9 Å². The number of rotatable bonds is 4. The Morgan fingerprint density at radius 1 is 1.09 bits per heavy atom. The lowest BCUT2D eigenvalue weighted by molar-refractivity contribution is -0.144. The summed E-state index contributed by atoms with van der Waals surface area (Å²) in [6.45, 7) is 0. The fraction of sp³-hybridized carbons (Fsp3) is 0.389. The molecule has 2 bridgehead atoms. The summed E-state index contributed by atoms with van der Waals surface area (Å²) in [4.78, 5) is 38.6. The fourth-order valence-electron chi connectivity index (χ4n) is 4.42. The zero-order valence-corrected chi connectivity index (χ0v) is 13.1. The van der Waals surface area contributed by atoms with Crippen molar-refractivity contribution in [2.75, 3.05) is 0 Å². The maximum absolute atomic E-state index is 12.9. The van der Waals surface area contributed by atoms with Gasteiger partial charge in [-0.05, 0) is 35.4 Å². The highest BCUT2D eigenvalue weighted by Gasteiger charge is 2.60. The van der Waals surface area contributed by atoms with Gasteiger partial charge in [-0.15, -0.1) is 0 Å². The molecule has 23 heavy (non-hydrogen) atoms. The molecule has 4 rings (SSSR count). The van der Waals surface area contributed by atoms with Gasteiger partial charge in [0.05, 0.1) is 17.9 Å². The van der Waals surface area contributed by atoms with Crippen molar-refractivity contribution in [1.29, 1.82) is 0 Å². The van der Waals surface area contributed by atoms with Crippen LogP contribution in [0.1, 0.15) is 24.4 Å². The minimum atomic E-state index is -0.605. The van der Waals surface area contributed by atoms with Gasteiger partial charge in [-0.2, -0.15) is 0 Å². The molecule has 5 unspecified atom stereocenters. The third kappa shape index (κ3) is 2.16. The zero-order valence-electron chi connectivity index (χ0n) is 12.4. The Labute approximate surface area is 139 Å². The summed E-state index contributed by atoms with van der Waals surface area (Å²) in [5.41, 5.74) is 0.767. The van der Waals surface area contributed by atoms with Crippen LogP contribution in [-0.2, 0) is 14.4 Å². The molecule has 1 aromatic carbocycles. The van der Waals surface area contributed by atoms with Gasteiger partial charge in [0.2, 0.25) is 17.1 Å². The van der Waals surface area contributed by atoms with Crippen LogP contribution in [0, 0.1) is 23.7 Å². The Morgan fingerprint density at radius 3 is 2.17 bits per heavy atom. The molecule has 1 aromatic rings. The van der Waals surface area contributed by atoms with E-state index in [2.05, 4.69) is 12.2 Å². The standard InChI is InChI=1S/C18H16ClNO3/c19-14(21)9-13(10-4-2-1-3-5-10)20-17(22)15-11-6-7-12(8-11)16(15)18(20)23/h1-7,11-13,15-16H,8-9H2. The van der Waals surface area contributed by atoms with Crippen LogP contribution in [0.4, 0.5) is 0 Å². The number of hydrogen-bond acceptors (Lipinski definition) is 3. The first-order valence-corrected chi connectivity index (χ1v) is 8.24. The minimum Gasteiger partial charge on any atom is -0.281 e. The fourth-order valence-corrected chi connectivity index (χ4v) is 4.56. The van der Waals surface area contributed by atoms with Crippen molar-refractivity contribution < 1.29 is 14.4 Å². The molecule has 0 radical (unpaired) electrons. The first-order chi connectivity index (χ1) is 11.1. The number of benzene rings is 1. The van der Waals surface area contributed by atoms with E-state index < -0.39 is 11.3 Å². The monoisotopic (exact) mass is 329 g/mol. The van der Waals surface area contributed by atoms with E-state index in [1.807, 2.05) is 30.3 Å². The molecule has 0 N–H and O–H groups in total. The molecular formula is C18H16ClNO3. The number of carbonyl (C=O) groups excluding carboxylic acids is 3. The van der Waals surface area contributed by atoms with Crippen LogP contribution in [0.15, 0.2) is 42.5 Å². The van der Waals surface area contributed by atoms with Crippen LogP contribution in [0.3, 0.4) is 0 Å². The van der Waals surface area contributed by atoms with E-state index in [1.165, 1.54) is 4.90 Å². The van der Waals surface area contributed by atoms with Crippen molar-refractivity contribution >= 4 is 28.7 Å². The van der Waals surface area contributed by atoms with Crippen LogP contribution in [0.25, 0.3) is 0 Å². The SMILES string of the molecule is O=C(Cl)CC(c1ccccc1)N1C(=O)C2C3C=CC(C3)C2C1=O. The number of hydrogen-bond donors (Lipinski definition) is 0. The molecule has 3 aliphatic rings. The van der Waals surface area contributed by atoms with Crippen LogP contribution in [-0.4, -0.2) is 22.0 Å². The topological polar surface area (TPSA) is 54.5 Å². The third-order valence-electron chi connectivity index (χ3n) is 5.35. The van der Waals surface area contributed by atoms with E-state index in [9.17, 15) is 14.4 Å².